The first-order chi connectivity index (χ1) is 11.2. The van der Waals surface area contributed by atoms with E-state index >= 15 is 0 Å². The quantitative estimate of drug-likeness (QED) is 0.657. The molecule has 0 aliphatic rings. The van der Waals surface area contributed by atoms with Crippen LogP contribution in [0.25, 0.3) is 0 Å². The summed E-state index contributed by atoms with van der Waals surface area (Å²) in [4.78, 5) is 11.6. The van der Waals surface area contributed by atoms with Gasteiger partial charge in [-0.2, -0.15) is 5.26 Å². The molecule has 0 unspecified atom stereocenters. The van der Waals surface area contributed by atoms with Gasteiger partial charge in [-0.25, -0.2) is 0 Å². The highest BCUT2D eigenvalue weighted by molar-refractivity contribution is 5.99. The standard InChI is InChI=1S/C19H16N2O2/c1-2-3-4-8-19(22)21-16-9-11-17(12-10-16)23-18-7-5-6-15(13-18)14-20/h2-13H,1H3,(H,21,22)/b3-2+,8-4+. The molecule has 2 aromatic rings. The molecular formula is C19H16N2O2. The summed E-state index contributed by atoms with van der Waals surface area (Å²) in [5, 5.41) is 11.6. The van der Waals surface area contributed by atoms with Crippen molar-refractivity contribution in [3.63, 3.8) is 0 Å². The van der Waals surface area contributed by atoms with Crippen LogP contribution in [0.15, 0.2) is 72.8 Å². The second kappa shape index (κ2) is 8.20. The van der Waals surface area contributed by atoms with E-state index in [9.17, 15) is 4.79 Å². The molecule has 0 radical (unpaired) electrons. The van der Waals surface area contributed by atoms with Crippen molar-refractivity contribution in [1.29, 1.82) is 5.26 Å². The maximum absolute atomic E-state index is 11.6. The largest absolute Gasteiger partial charge is 0.457 e. The molecule has 0 heterocycles. The number of nitrogens with one attached hydrogen (secondary N) is 1. The molecule has 2 aromatic carbocycles. The Bertz CT molecular complexity index is 769. The molecule has 1 amide bonds. The van der Waals surface area contributed by atoms with Gasteiger partial charge in [-0.05, 0) is 49.4 Å². The molecule has 114 valence electrons. The van der Waals surface area contributed by atoms with Crippen LogP contribution in [0.1, 0.15) is 12.5 Å². The lowest BCUT2D eigenvalue weighted by Crippen LogP contribution is -2.07. The van der Waals surface area contributed by atoms with Crippen molar-refractivity contribution in [1.82, 2.24) is 0 Å². The second-order valence-electron chi connectivity index (χ2n) is 4.64. The highest BCUT2D eigenvalue weighted by Crippen LogP contribution is 2.23. The molecule has 0 fully saturated rings. The predicted molar refractivity (Wildman–Crippen MR) is 90.3 cm³/mol. The van der Waals surface area contributed by atoms with Gasteiger partial charge in [0, 0.05) is 11.8 Å². The molecule has 0 bridgehead atoms. The van der Waals surface area contributed by atoms with Gasteiger partial charge >= 0.3 is 0 Å². The van der Waals surface area contributed by atoms with Gasteiger partial charge in [0.15, 0.2) is 0 Å². The molecule has 0 atom stereocenters. The Hall–Kier alpha value is -3.32. The number of carbonyl (C=O) groups is 1. The minimum Gasteiger partial charge on any atom is -0.457 e. The lowest BCUT2D eigenvalue weighted by molar-refractivity contribution is -0.111. The number of anilines is 1. The van der Waals surface area contributed by atoms with E-state index in [2.05, 4.69) is 11.4 Å². The maximum atomic E-state index is 11.6. The first kappa shape index (κ1) is 16.1. The summed E-state index contributed by atoms with van der Waals surface area (Å²) in [6.45, 7) is 1.88. The highest BCUT2D eigenvalue weighted by atomic mass is 16.5. The van der Waals surface area contributed by atoms with Gasteiger partial charge in [-0.3, -0.25) is 4.79 Å². The minimum atomic E-state index is -0.196. The van der Waals surface area contributed by atoms with Crippen LogP contribution in [0.4, 0.5) is 5.69 Å². The Morgan fingerprint density at radius 1 is 1.13 bits per heavy atom. The van der Waals surface area contributed by atoms with E-state index in [1.54, 1.807) is 60.7 Å². The van der Waals surface area contributed by atoms with Crippen molar-refractivity contribution in [2.75, 3.05) is 5.32 Å². The molecule has 4 heteroatoms. The van der Waals surface area contributed by atoms with Crippen molar-refractivity contribution in [3.8, 4) is 17.6 Å². The van der Waals surface area contributed by atoms with E-state index in [4.69, 9.17) is 10.00 Å². The summed E-state index contributed by atoms with van der Waals surface area (Å²) in [5.74, 6) is 1.02. The number of nitriles is 1. The van der Waals surface area contributed by atoms with Crippen LogP contribution in [0.2, 0.25) is 0 Å². The number of hydrogen-bond acceptors (Lipinski definition) is 3. The summed E-state index contributed by atoms with van der Waals surface area (Å²) < 4.78 is 5.67. The van der Waals surface area contributed by atoms with Crippen molar-refractivity contribution >= 4 is 11.6 Å². The van der Waals surface area contributed by atoms with Crippen molar-refractivity contribution in [3.05, 3.63) is 78.4 Å². The molecule has 0 aliphatic heterocycles. The van der Waals surface area contributed by atoms with Crippen LogP contribution >= 0.6 is 0 Å². The monoisotopic (exact) mass is 304 g/mol. The van der Waals surface area contributed by atoms with Crippen molar-refractivity contribution in [2.45, 2.75) is 6.92 Å². The predicted octanol–water partition coefficient (Wildman–Crippen LogP) is 4.42. The molecule has 0 spiro atoms. The number of hydrogen-bond donors (Lipinski definition) is 1. The fourth-order valence-corrected chi connectivity index (χ4v) is 1.81. The lowest BCUT2D eigenvalue weighted by atomic mass is 10.2. The van der Waals surface area contributed by atoms with E-state index in [1.165, 1.54) is 6.08 Å². The molecule has 1 N–H and O–H groups in total. The van der Waals surface area contributed by atoms with E-state index in [1.807, 2.05) is 13.0 Å². The van der Waals surface area contributed by atoms with E-state index in [0.717, 1.165) is 0 Å². The highest BCUT2D eigenvalue weighted by Gasteiger charge is 2.01. The summed E-state index contributed by atoms with van der Waals surface area (Å²) in [6.07, 6.45) is 6.76. The third-order valence-corrected chi connectivity index (χ3v) is 2.87. The first-order valence-electron chi connectivity index (χ1n) is 7.09. The molecule has 0 aromatic heterocycles. The summed E-state index contributed by atoms with van der Waals surface area (Å²) in [6, 6.07) is 16.0. The minimum absolute atomic E-state index is 0.196. The number of rotatable bonds is 5. The number of benzene rings is 2. The molecule has 23 heavy (non-hydrogen) atoms. The number of amides is 1. The fraction of sp³-hybridized carbons (Fsp3) is 0.0526. The number of allylic oxidation sites excluding steroid dienone is 3. The van der Waals surface area contributed by atoms with Gasteiger partial charge in [0.1, 0.15) is 11.5 Å². The van der Waals surface area contributed by atoms with E-state index < -0.39 is 0 Å². The maximum Gasteiger partial charge on any atom is 0.248 e. The smallest absolute Gasteiger partial charge is 0.248 e. The van der Waals surface area contributed by atoms with Gasteiger partial charge in [0.2, 0.25) is 5.91 Å². The molecule has 2 rings (SSSR count). The molecule has 4 nitrogen and oxygen atoms in total. The Labute approximate surface area is 135 Å². The summed E-state index contributed by atoms with van der Waals surface area (Å²) >= 11 is 0. The topological polar surface area (TPSA) is 62.1 Å². The average molecular weight is 304 g/mol. The zero-order valence-corrected chi connectivity index (χ0v) is 12.7. The van der Waals surface area contributed by atoms with E-state index in [-0.39, 0.29) is 5.91 Å². The van der Waals surface area contributed by atoms with Gasteiger partial charge in [-0.1, -0.05) is 24.3 Å². The van der Waals surface area contributed by atoms with Crippen LogP contribution in [-0.2, 0) is 4.79 Å². The number of carbonyl (C=O) groups excluding carboxylic acids is 1. The number of ether oxygens (including phenoxy) is 1. The van der Waals surface area contributed by atoms with Crippen LogP contribution in [0.3, 0.4) is 0 Å². The second-order valence-corrected chi connectivity index (χ2v) is 4.64. The van der Waals surface area contributed by atoms with Gasteiger partial charge in [0.05, 0.1) is 11.6 Å². The zero-order valence-electron chi connectivity index (χ0n) is 12.7. The summed E-state index contributed by atoms with van der Waals surface area (Å²) in [5.41, 5.74) is 1.22. The van der Waals surface area contributed by atoms with Gasteiger partial charge in [-0.15, -0.1) is 0 Å². The van der Waals surface area contributed by atoms with Gasteiger partial charge in [0.25, 0.3) is 0 Å². The van der Waals surface area contributed by atoms with Gasteiger partial charge < -0.3 is 10.1 Å². The summed E-state index contributed by atoms with van der Waals surface area (Å²) in [7, 11) is 0. The fourth-order valence-electron chi connectivity index (χ4n) is 1.81. The number of nitrogens with zero attached hydrogens (tertiary/aromatic N) is 1. The first-order valence-corrected chi connectivity index (χ1v) is 7.09. The normalized spacial score (nSPS) is 10.6. The average Bonchev–Trinajstić information content (AvgIpc) is 2.57. The third-order valence-electron chi connectivity index (χ3n) is 2.87. The van der Waals surface area contributed by atoms with E-state index in [0.29, 0.717) is 22.7 Å². The van der Waals surface area contributed by atoms with Crippen molar-refractivity contribution < 1.29 is 9.53 Å². The molecule has 0 aliphatic carbocycles. The molecule has 0 saturated heterocycles. The Morgan fingerprint density at radius 3 is 2.61 bits per heavy atom. The Morgan fingerprint density at radius 2 is 1.91 bits per heavy atom. The SMILES string of the molecule is C/C=C/C=C/C(=O)Nc1ccc(Oc2cccc(C#N)c2)cc1. The Kier molecular flexibility index (Phi) is 5.73. The third kappa shape index (κ3) is 5.18. The van der Waals surface area contributed by atoms with Crippen LogP contribution in [-0.4, -0.2) is 5.91 Å². The van der Waals surface area contributed by atoms with Crippen LogP contribution < -0.4 is 10.1 Å². The molecular weight excluding hydrogens is 288 g/mol. The van der Waals surface area contributed by atoms with Crippen LogP contribution in [0.5, 0.6) is 11.5 Å². The van der Waals surface area contributed by atoms with Crippen molar-refractivity contribution in [2.24, 2.45) is 0 Å². The molecule has 0 saturated carbocycles. The van der Waals surface area contributed by atoms with Crippen LogP contribution in [0, 0.1) is 11.3 Å². The Balaban J connectivity index is 1.99. The lowest BCUT2D eigenvalue weighted by Gasteiger charge is -2.07. The zero-order chi connectivity index (χ0) is 16.5.